The number of hydrogen-bond acceptors (Lipinski definition) is 3. The van der Waals surface area contributed by atoms with Gasteiger partial charge in [0, 0.05) is 21.7 Å². The minimum atomic E-state index is 0.350. The third-order valence-electron chi connectivity index (χ3n) is 4.58. The Bertz CT molecular complexity index is 499. The summed E-state index contributed by atoms with van der Waals surface area (Å²) >= 11 is 5.76. The fraction of sp³-hybridized carbons (Fsp3) is 0.625. The second kappa shape index (κ2) is 5.90. The molecule has 0 amide bonds. The second-order valence-corrected chi connectivity index (χ2v) is 8.51. The van der Waals surface area contributed by atoms with E-state index >= 15 is 0 Å². The van der Waals surface area contributed by atoms with Gasteiger partial charge in [-0.05, 0) is 62.2 Å². The van der Waals surface area contributed by atoms with Crippen LogP contribution < -0.4 is 10.1 Å². The number of ether oxygens (including phenoxy) is 1. The second-order valence-electron chi connectivity index (χ2n) is 5.96. The fourth-order valence-electron chi connectivity index (χ4n) is 3.42. The largest absolute Gasteiger partial charge is 0.493 e. The lowest BCUT2D eigenvalue weighted by Crippen LogP contribution is -2.45. The van der Waals surface area contributed by atoms with Crippen molar-refractivity contribution in [3.63, 3.8) is 0 Å². The fourth-order valence-corrected chi connectivity index (χ4v) is 5.42. The third-order valence-corrected chi connectivity index (χ3v) is 6.68. The molecule has 2 heterocycles. The van der Waals surface area contributed by atoms with Crippen LogP contribution in [0.2, 0.25) is 0 Å². The van der Waals surface area contributed by atoms with Crippen LogP contribution in [0.4, 0.5) is 0 Å². The number of rotatable bonds is 4. The van der Waals surface area contributed by atoms with Gasteiger partial charge in [-0.3, -0.25) is 0 Å². The van der Waals surface area contributed by atoms with Gasteiger partial charge in [-0.25, -0.2) is 0 Å². The maximum Gasteiger partial charge on any atom is 0.125 e. The van der Waals surface area contributed by atoms with Gasteiger partial charge in [0.05, 0.1) is 6.61 Å². The van der Waals surface area contributed by atoms with Gasteiger partial charge < -0.3 is 10.1 Å². The average molecular weight is 356 g/mol. The van der Waals surface area contributed by atoms with Crippen molar-refractivity contribution in [1.29, 1.82) is 0 Å². The molecule has 0 bridgehead atoms. The van der Waals surface area contributed by atoms with Crippen LogP contribution >= 0.6 is 27.7 Å². The Balaban J connectivity index is 1.86. The van der Waals surface area contributed by atoms with Gasteiger partial charge in [-0.2, -0.15) is 11.8 Å². The highest BCUT2D eigenvalue weighted by Gasteiger charge is 2.37. The molecule has 0 aliphatic carbocycles. The zero-order chi connectivity index (χ0) is 14.2. The van der Waals surface area contributed by atoms with Crippen LogP contribution in [0.25, 0.3) is 0 Å². The van der Waals surface area contributed by atoms with E-state index in [9.17, 15) is 0 Å². The van der Waals surface area contributed by atoms with E-state index in [1.54, 1.807) is 0 Å². The van der Waals surface area contributed by atoms with Crippen LogP contribution in [-0.4, -0.2) is 30.2 Å². The van der Waals surface area contributed by atoms with Crippen LogP contribution in [0.5, 0.6) is 5.75 Å². The normalized spacial score (nSPS) is 26.4. The van der Waals surface area contributed by atoms with Crippen molar-refractivity contribution < 1.29 is 4.74 Å². The number of hydrogen-bond donors (Lipinski definition) is 1. The Hall–Kier alpha value is -0.190. The summed E-state index contributed by atoms with van der Waals surface area (Å²) in [7, 11) is 2.09. The molecule has 0 saturated carbocycles. The highest BCUT2D eigenvalue weighted by Crippen LogP contribution is 2.43. The van der Waals surface area contributed by atoms with E-state index in [4.69, 9.17) is 4.74 Å². The average Bonchev–Trinajstić information content (AvgIpc) is 3.04. The molecule has 2 atom stereocenters. The standard InChI is InChI=1S/C16H22BrNOS/c1-16(5-3-7-20-16)14(18-2)10-12-9-13(17)8-11-4-6-19-15(11)12/h8-9,14,18H,3-7,10H2,1-2H3. The molecule has 0 aromatic heterocycles. The third kappa shape index (κ3) is 2.75. The maximum atomic E-state index is 5.87. The Kier molecular flexibility index (Phi) is 4.34. The summed E-state index contributed by atoms with van der Waals surface area (Å²) in [6, 6.07) is 4.93. The number of fused-ring (bicyclic) bond motifs is 1. The quantitative estimate of drug-likeness (QED) is 0.887. The molecule has 4 heteroatoms. The van der Waals surface area contributed by atoms with Crippen LogP contribution in [0, 0.1) is 0 Å². The predicted octanol–water partition coefficient (Wildman–Crippen LogP) is 3.80. The molecule has 1 fully saturated rings. The van der Waals surface area contributed by atoms with Crippen molar-refractivity contribution >= 4 is 27.7 Å². The highest BCUT2D eigenvalue weighted by atomic mass is 79.9. The molecule has 0 radical (unpaired) electrons. The summed E-state index contributed by atoms with van der Waals surface area (Å²) in [5, 5.41) is 3.55. The summed E-state index contributed by atoms with van der Waals surface area (Å²) in [4.78, 5) is 0. The molecule has 2 nitrogen and oxygen atoms in total. The summed E-state index contributed by atoms with van der Waals surface area (Å²) in [6.45, 7) is 3.24. The first-order valence-electron chi connectivity index (χ1n) is 7.38. The van der Waals surface area contributed by atoms with Crippen molar-refractivity contribution in [2.75, 3.05) is 19.4 Å². The summed E-state index contributed by atoms with van der Waals surface area (Å²) in [6.07, 6.45) is 4.73. The number of benzene rings is 1. The first-order chi connectivity index (χ1) is 9.62. The van der Waals surface area contributed by atoms with Crippen LogP contribution in [0.3, 0.4) is 0 Å². The van der Waals surface area contributed by atoms with E-state index in [-0.39, 0.29) is 0 Å². The van der Waals surface area contributed by atoms with E-state index in [0.717, 1.165) is 25.2 Å². The molecule has 0 spiro atoms. The molecule has 20 heavy (non-hydrogen) atoms. The Morgan fingerprint density at radius 2 is 2.35 bits per heavy atom. The monoisotopic (exact) mass is 355 g/mol. The molecule has 2 aliphatic heterocycles. The van der Waals surface area contributed by atoms with E-state index in [1.165, 1.54) is 34.2 Å². The molecule has 2 unspecified atom stereocenters. The zero-order valence-corrected chi connectivity index (χ0v) is 14.6. The molecule has 1 aromatic carbocycles. The van der Waals surface area contributed by atoms with Gasteiger partial charge in [0.25, 0.3) is 0 Å². The van der Waals surface area contributed by atoms with Crippen molar-refractivity contribution in [3.05, 3.63) is 27.7 Å². The van der Waals surface area contributed by atoms with Crippen molar-refractivity contribution in [2.24, 2.45) is 0 Å². The van der Waals surface area contributed by atoms with Gasteiger partial charge in [0.2, 0.25) is 0 Å². The topological polar surface area (TPSA) is 21.3 Å². The number of thioether (sulfide) groups is 1. The maximum absolute atomic E-state index is 5.87. The summed E-state index contributed by atoms with van der Waals surface area (Å²) in [5.74, 6) is 2.43. The van der Waals surface area contributed by atoms with Gasteiger partial charge in [0.15, 0.2) is 0 Å². The van der Waals surface area contributed by atoms with Gasteiger partial charge in [-0.1, -0.05) is 15.9 Å². The lowest BCUT2D eigenvalue weighted by atomic mass is 9.90. The minimum absolute atomic E-state index is 0.350. The van der Waals surface area contributed by atoms with Gasteiger partial charge in [-0.15, -0.1) is 0 Å². The van der Waals surface area contributed by atoms with Crippen molar-refractivity contribution in [3.8, 4) is 5.75 Å². The molecule has 110 valence electrons. The van der Waals surface area contributed by atoms with Gasteiger partial charge >= 0.3 is 0 Å². The number of nitrogens with one attached hydrogen (secondary N) is 1. The molecule has 1 saturated heterocycles. The Labute approximate surface area is 134 Å². The lowest BCUT2D eigenvalue weighted by molar-refractivity contribution is 0.348. The molecule has 2 aliphatic rings. The molecule has 1 aromatic rings. The lowest BCUT2D eigenvalue weighted by Gasteiger charge is -2.33. The molecule has 3 rings (SSSR count). The molecular formula is C16H22BrNOS. The van der Waals surface area contributed by atoms with Crippen LogP contribution in [-0.2, 0) is 12.8 Å². The Morgan fingerprint density at radius 1 is 1.50 bits per heavy atom. The summed E-state index contributed by atoms with van der Waals surface area (Å²) < 4.78 is 7.40. The number of likely N-dealkylation sites (N-methyl/N-ethyl adjacent to an activating group) is 1. The summed E-state index contributed by atoms with van der Waals surface area (Å²) in [5.41, 5.74) is 2.70. The van der Waals surface area contributed by atoms with E-state index < -0.39 is 0 Å². The van der Waals surface area contributed by atoms with E-state index in [1.807, 2.05) is 0 Å². The van der Waals surface area contributed by atoms with E-state index in [0.29, 0.717) is 10.8 Å². The Morgan fingerprint density at radius 3 is 3.05 bits per heavy atom. The number of halogens is 1. The first-order valence-corrected chi connectivity index (χ1v) is 9.15. The van der Waals surface area contributed by atoms with Crippen LogP contribution in [0.1, 0.15) is 30.9 Å². The SMILES string of the molecule is CNC(Cc1cc(Br)cc2c1OCC2)C1(C)CCCS1. The van der Waals surface area contributed by atoms with Gasteiger partial charge in [0.1, 0.15) is 5.75 Å². The van der Waals surface area contributed by atoms with Crippen molar-refractivity contribution in [1.82, 2.24) is 5.32 Å². The molecule has 1 N–H and O–H groups in total. The zero-order valence-electron chi connectivity index (χ0n) is 12.2. The van der Waals surface area contributed by atoms with Crippen LogP contribution in [0.15, 0.2) is 16.6 Å². The minimum Gasteiger partial charge on any atom is -0.493 e. The smallest absolute Gasteiger partial charge is 0.125 e. The van der Waals surface area contributed by atoms with Crippen molar-refractivity contribution in [2.45, 2.75) is 43.4 Å². The predicted molar refractivity (Wildman–Crippen MR) is 90.0 cm³/mol. The molecular weight excluding hydrogens is 334 g/mol. The first kappa shape index (κ1) is 14.7. The highest BCUT2D eigenvalue weighted by molar-refractivity contribution is 9.10. The van der Waals surface area contributed by atoms with E-state index in [2.05, 4.69) is 59.1 Å².